The van der Waals surface area contributed by atoms with E-state index in [2.05, 4.69) is 43.2 Å². The maximum Gasteiger partial charge on any atom is 0.107 e. The Morgan fingerprint density at radius 2 is 1.89 bits per heavy atom. The van der Waals surface area contributed by atoms with Gasteiger partial charge in [-0.2, -0.15) is 0 Å². The molecule has 0 amide bonds. The number of thiophene rings is 1. The van der Waals surface area contributed by atoms with Gasteiger partial charge in [-0.15, -0.1) is 11.3 Å². The van der Waals surface area contributed by atoms with E-state index in [0.717, 1.165) is 23.7 Å². The predicted octanol–water partition coefficient (Wildman–Crippen LogP) is 5.89. The van der Waals surface area contributed by atoms with Gasteiger partial charge in [-0.1, -0.05) is 39.1 Å². The minimum absolute atomic E-state index is 0.0776. The normalized spacial score (nSPS) is 12.7. The van der Waals surface area contributed by atoms with Gasteiger partial charge in [-0.25, -0.2) is 0 Å². The van der Waals surface area contributed by atoms with Crippen molar-refractivity contribution in [2.24, 2.45) is 0 Å². The molecule has 6 heteroatoms. The summed E-state index contributed by atoms with van der Waals surface area (Å²) in [6, 6.07) is 7.98. The Morgan fingerprint density at radius 1 is 1.17 bits per heavy atom. The van der Waals surface area contributed by atoms with E-state index in [1.165, 1.54) is 0 Å². The molecule has 0 aliphatic rings. The summed E-state index contributed by atoms with van der Waals surface area (Å²) in [4.78, 5) is 1.14. The summed E-state index contributed by atoms with van der Waals surface area (Å²) < 4.78 is 2.64. The van der Waals surface area contributed by atoms with Crippen molar-refractivity contribution in [2.45, 2.75) is 6.04 Å². The predicted molar refractivity (Wildman–Crippen MR) is 87.1 cm³/mol. The van der Waals surface area contributed by atoms with Gasteiger partial charge < -0.3 is 5.32 Å². The lowest BCUT2D eigenvalue weighted by atomic mass is 10.1. The van der Waals surface area contributed by atoms with Crippen LogP contribution in [0.15, 0.2) is 33.2 Å². The van der Waals surface area contributed by atoms with Crippen LogP contribution in [0.2, 0.25) is 9.36 Å². The van der Waals surface area contributed by atoms with Gasteiger partial charge in [0.05, 0.1) is 6.04 Å². The molecule has 1 atom stereocenters. The maximum atomic E-state index is 6.09. The van der Waals surface area contributed by atoms with Crippen molar-refractivity contribution in [1.29, 1.82) is 0 Å². The second-order valence-electron chi connectivity index (χ2n) is 3.69. The van der Waals surface area contributed by atoms with Crippen LogP contribution in [0, 0.1) is 0 Å². The lowest BCUT2D eigenvalue weighted by Crippen LogP contribution is -2.16. The van der Waals surface area contributed by atoms with E-state index in [0.29, 0.717) is 5.02 Å². The fourth-order valence-electron chi connectivity index (χ4n) is 1.72. The molecule has 0 fully saturated rings. The third kappa shape index (κ3) is 3.30. The molecule has 0 spiro atoms. The topological polar surface area (TPSA) is 12.0 Å². The molecule has 96 valence electrons. The third-order valence-corrected chi connectivity index (χ3v) is 5.67. The zero-order chi connectivity index (χ0) is 13.3. The van der Waals surface area contributed by atoms with Gasteiger partial charge in [0.25, 0.3) is 0 Å². The van der Waals surface area contributed by atoms with Crippen molar-refractivity contribution in [1.82, 2.24) is 5.32 Å². The average molecular weight is 430 g/mol. The van der Waals surface area contributed by atoms with E-state index >= 15 is 0 Å². The second kappa shape index (κ2) is 6.25. The number of benzene rings is 1. The standard InChI is InChI=1S/C12H9Br2Cl2NS/c1-17-11(10-5-9(14)12(16)18-10)6-2-7(13)4-8(15)3-6/h2-5,11,17H,1H3. The van der Waals surface area contributed by atoms with Gasteiger partial charge in [0.1, 0.15) is 4.34 Å². The molecule has 0 radical (unpaired) electrons. The minimum Gasteiger partial charge on any atom is -0.309 e. The van der Waals surface area contributed by atoms with Crippen LogP contribution in [0.1, 0.15) is 16.5 Å². The highest BCUT2D eigenvalue weighted by atomic mass is 79.9. The van der Waals surface area contributed by atoms with Crippen LogP contribution >= 0.6 is 66.4 Å². The Balaban J connectivity index is 2.44. The number of rotatable bonds is 3. The molecule has 0 aliphatic heterocycles. The molecule has 0 saturated carbocycles. The highest BCUT2D eigenvalue weighted by Gasteiger charge is 2.17. The molecule has 1 aromatic heterocycles. The summed E-state index contributed by atoms with van der Waals surface area (Å²) >= 11 is 20.6. The Bertz CT molecular complexity index is 531. The molecule has 1 aromatic carbocycles. The molecular formula is C12H9Br2Cl2NS. The molecule has 1 heterocycles. The summed E-state index contributed by atoms with van der Waals surface area (Å²) in [5.41, 5.74) is 1.10. The molecule has 2 aromatic rings. The highest BCUT2D eigenvalue weighted by Crippen LogP contribution is 2.38. The first-order valence-corrected chi connectivity index (χ1v) is 8.25. The monoisotopic (exact) mass is 427 g/mol. The van der Waals surface area contributed by atoms with Crippen LogP contribution in [0.3, 0.4) is 0 Å². The largest absolute Gasteiger partial charge is 0.309 e. The van der Waals surface area contributed by atoms with E-state index in [-0.39, 0.29) is 6.04 Å². The van der Waals surface area contributed by atoms with Crippen LogP contribution in [0.5, 0.6) is 0 Å². The third-order valence-electron chi connectivity index (χ3n) is 2.46. The smallest absolute Gasteiger partial charge is 0.107 e. The summed E-state index contributed by atoms with van der Waals surface area (Å²) in [6.07, 6.45) is 0. The van der Waals surface area contributed by atoms with Gasteiger partial charge in [0.2, 0.25) is 0 Å². The Kier molecular flexibility index (Phi) is 5.14. The molecule has 0 aliphatic carbocycles. The van der Waals surface area contributed by atoms with E-state index in [1.54, 1.807) is 11.3 Å². The van der Waals surface area contributed by atoms with E-state index in [4.69, 9.17) is 23.2 Å². The van der Waals surface area contributed by atoms with Crippen LogP contribution in [-0.4, -0.2) is 7.05 Å². The maximum absolute atomic E-state index is 6.09. The van der Waals surface area contributed by atoms with E-state index in [1.807, 2.05) is 25.2 Å². The Labute approximate surface area is 137 Å². The molecule has 18 heavy (non-hydrogen) atoms. The fourth-order valence-corrected chi connectivity index (χ4v) is 4.48. The van der Waals surface area contributed by atoms with Gasteiger partial charge in [0, 0.05) is 18.8 Å². The average Bonchev–Trinajstić information content (AvgIpc) is 2.58. The Morgan fingerprint density at radius 3 is 2.39 bits per heavy atom. The molecular weight excluding hydrogens is 421 g/mol. The fraction of sp³-hybridized carbons (Fsp3) is 0.167. The summed E-state index contributed by atoms with van der Waals surface area (Å²) in [6.45, 7) is 0. The summed E-state index contributed by atoms with van der Waals surface area (Å²) in [7, 11) is 1.92. The van der Waals surface area contributed by atoms with Crippen molar-refractivity contribution < 1.29 is 0 Å². The molecule has 0 saturated heterocycles. The molecule has 2 rings (SSSR count). The number of nitrogens with one attached hydrogen (secondary N) is 1. The van der Waals surface area contributed by atoms with Crippen LogP contribution in [0.25, 0.3) is 0 Å². The molecule has 0 bridgehead atoms. The summed E-state index contributed by atoms with van der Waals surface area (Å²) in [5, 5.41) is 3.99. The number of hydrogen-bond acceptors (Lipinski definition) is 2. The van der Waals surface area contributed by atoms with Crippen LogP contribution in [0.4, 0.5) is 0 Å². The van der Waals surface area contributed by atoms with Crippen LogP contribution < -0.4 is 5.32 Å². The lowest BCUT2D eigenvalue weighted by molar-refractivity contribution is 0.703. The second-order valence-corrected chi connectivity index (χ2v) is 7.59. The zero-order valence-corrected chi connectivity index (χ0v) is 14.8. The first-order chi connectivity index (χ1) is 8.51. The quantitative estimate of drug-likeness (QED) is 0.641. The van der Waals surface area contributed by atoms with Gasteiger partial charge >= 0.3 is 0 Å². The first kappa shape index (κ1) is 14.8. The zero-order valence-electron chi connectivity index (χ0n) is 9.31. The molecule has 1 unspecified atom stereocenters. The van der Waals surface area contributed by atoms with E-state index in [9.17, 15) is 0 Å². The van der Waals surface area contributed by atoms with Crippen molar-refractivity contribution in [3.05, 3.63) is 53.0 Å². The van der Waals surface area contributed by atoms with E-state index < -0.39 is 0 Å². The van der Waals surface area contributed by atoms with Gasteiger partial charge in [-0.3, -0.25) is 0 Å². The van der Waals surface area contributed by atoms with Crippen molar-refractivity contribution in [3.63, 3.8) is 0 Å². The van der Waals surface area contributed by atoms with Crippen LogP contribution in [-0.2, 0) is 0 Å². The SMILES string of the molecule is CNC(c1cc(Cl)cc(Br)c1)c1cc(Br)c(Cl)s1. The van der Waals surface area contributed by atoms with Gasteiger partial charge in [0.15, 0.2) is 0 Å². The first-order valence-electron chi connectivity index (χ1n) is 5.09. The number of hydrogen-bond donors (Lipinski definition) is 1. The van der Waals surface area contributed by atoms with Gasteiger partial charge in [-0.05, 0) is 52.8 Å². The molecule has 1 N–H and O–H groups in total. The summed E-state index contributed by atoms with van der Waals surface area (Å²) in [5.74, 6) is 0. The highest BCUT2D eigenvalue weighted by molar-refractivity contribution is 9.10. The van der Waals surface area contributed by atoms with Crippen molar-refractivity contribution in [2.75, 3.05) is 7.05 Å². The Hall–Kier alpha value is 0.420. The number of halogens is 4. The lowest BCUT2D eigenvalue weighted by Gasteiger charge is -2.15. The van der Waals surface area contributed by atoms with Crippen molar-refractivity contribution >= 4 is 66.4 Å². The molecule has 1 nitrogen and oxygen atoms in total. The minimum atomic E-state index is 0.0776. The van der Waals surface area contributed by atoms with Crippen molar-refractivity contribution in [3.8, 4) is 0 Å².